The van der Waals surface area contributed by atoms with Crippen molar-refractivity contribution in [3.63, 3.8) is 0 Å². The molecule has 3 amide bonds. The molecule has 9 nitrogen and oxygen atoms in total. The van der Waals surface area contributed by atoms with Crippen molar-refractivity contribution < 1.29 is 18.0 Å². The lowest BCUT2D eigenvalue weighted by molar-refractivity contribution is -0.121. The van der Waals surface area contributed by atoms with Gasteiger partial charge in [0.05, 0.1) is 23.2 Å². The van der Waals surface area contributed by atoms with E-state index in [0.717, 1.165) is 5.69 Å². The molecule has 0 bridgehead atoms. The van der Waals surface area contributed by atoms with Crippen LogP contribution in [-0.4, -0.2) is 78.6 Å². The number of hydrogen-bond donors (Lipinski definition) is 1. The van der Waals surface area contributed by atoms with E-state index >= 15 is 0 Å². The molecule has 0 spiro atoms. The van der Waals surface area contributed by atoms with E-state index in [9.17, 15) is 18.0 Å². The molecule has 30 heavy (non-hydrogen) atoms. The number of amides is 3. The predicted molar refractivity (Wildman–Crippen MR) is 115 cm³/mol. The number of carbonyl (C=O) groups is 2. The summed E-state index contributed by atoms with van der Waals surface area (Å²) in [7, 11) is 0.369. The molecule has 0 aromatic carbocycles. The molecule has 10 heteroatoms. The van der Waals surface area contributed by atoms with E-state index in [0.29, 0.717) is 38.2 Å². The maximum atomic E-state index is 12.9. The summed E-state index contributed by atoms with van der Waals surface area (Å²) in [6.45, 7) is 7.20. The first-order valence-electron chi connectivity index (χ1n) is 10.4. The molecule has 2 aliphatic rings. The second-order valence-electron chi connectivity index (χ2n) is 9.59. The maximum Gasteiger partial charge on any atom is 0.319 e. The Hall–Kier alpha value is -2.10. The first-order valence-corrected chi connectivity index (χ1v) is 12.3. The Labute approximate surface area is 178 Å². The Bertz CT molecular complexity index is 908. The summed E-state index contributed by atoms with van der Waals surface area (Å²) in [5.41, 5.74) is 0.591. The molecule has 1 N–H and O–H groups in total. The number of nitrogens with zero attached hydrogens (tertiary/aromatic N) is 4. The zero-order valence-corrected chi connectivity index (χ0v) is 19.3. The first kappa shape index (κ1) is 22.6. The van der Waals surface area contributed by atoms with Crippen LogP contribution in [-0.2, 0) is 20.0 Å². The summed E-state index contributed by atoms with van der Waals surface area (Å²) in [6.07, 6.45) is 1.70. The third kappa shape index (κ3) is 4.96. The third-order valence-electron chi connectivity index (χ3n) is 5.83. The molecular formula is C20H33N5O4S. The molecule has 0 unspecified atom stereocenters. The van der Waals surface area contributed by atoms with Gasteiger partial charge in [-0.3, -0.25) is 4.79 Å². The van der Waals surface area contributed by atoms with E-state index < -0.39 is 9.84 Å². The first-order chi connectivity index (χ1) is 13.9. The fraction of sp³-hybridized carbons (Fsp3) is 0.750. The molecule has 1 aromatic heterocycles. The molecule has 2 saturated heterocycles. The van der Waals surface area contributed by atoms with Gasteiger partial charge in [0.1, 0.15) is 5.82 Å². The van der Waals surface area contributed by atoms with Gasteiger partial charge >= 0.3 is 6.03 Å². The molecule has 0 saturated carbocycles. The zero-order valence-electron chi connectivity index (χ0n) is 18.5. The van der Waals surface area contributed by atoms with Gasteiger partial charge in [-0.1, -0.05) is 20.8 Å². The monoisotopic (exact) mass is 439 g/mol. The minimum absolute atomic E-state index is 0.0378. The lowest BCUT2D eigenvalue weighted by Crippen LogP contribution is -2.45. The van der Waals surface area contributed by atoms with Crippen LogP contribution in [0.1, 0.15) is 51.8 Å². The highest BCUT2D eigenvalue weighted by atomic mass is 32.2. The molecule has 2 aliphatic heterocycles. The predicted octanol–water partition coefficient (Wildman–Crippen LogP) is 1.87. The lowest BCUT2D eigenvalue weighted by atomic mass is 9.92. The average molecular weight is 440 g/mol. The summed E-state index contributed by atoms with van der Waals surface area (Å²) < 4.78 is 25.6. The van der Waals surface area contributed by atoms with Gasteiger partial charge in [0.25, 0.3) is 0 Å². The van der Waals surface area contributed by atoms with Gasteiger partial charge < -0.3 is 15.1 Å². The smallest absolute Gasteiger partial charge is 0.319 e. The Kier molecular flexibility index (Phi) is 6.18. The normalized spacial score (nSPS) is 22.2. The van der Waals surface area contributed by atoms with E-state index in [1.807, 2.05) is 26.8 Å². The SMILES string of the molecule is CN(C)C(=O)N1CCC(C(=O)Nc2cc(C(C)(C)C)nn2[C@@H]2CCS(=O)(=O)C2)CC1. The highest BCUT2D eigenvalue weighted by molar-refractivity contribution is 7.91. The van der Waals surface area contributed by atoms with Crippen LogP contribution in [0.25, 0.3) is 0 Å². The van der Waals surface area contributed by atoms with E-state index in [-0.39, 0.29) is 40.8 Å². The lowest BCUT2D eigenvalue weighted by Gasteiger charge is -2.33. The van der Waals surface area contributed by atoms with Gasteiger partial charge in [-0.25, -0.2) is 17.9 Å². The minimum Gasteiger partial charge on any atom is -0.331 e. The number of urea groups is 1. The van der Waals surface area contributed by atoms with Crippen molar-refractivity contribution >= 4 is 27.6 Å². The minimum atomic E-state index is -3.07. The van der Waals surface area contributed by atoms with Crippen molar-refractivity contribution in [2.75, 3.05) is 44.0 Å². The molecule has 1 atom stereocenters. The number of aromatic nitrogens is 2. The Morgan fingerprint density at radius 1 is 1.17 bits per heavy atom. The number of piperidine rings is 1. The quantitative estimate of drug-likeness (QED) is 0.774. The Balaban J connectivity index is 1.73. The number of sulfone groups is 1. The van der Waals surface area contributed by atoms with Crippen molar-refractivity contribution in [3.05, 3.63) is 11.8 Å². The van der Waals surface area contributed by atoms with Gasteiger partial charge in [-0.2, -0.15) is 5.10 Å². The maximum absolute atomic E-state index is 12.9. The van der Waals surface area contributed by atoms with Gasteiger partial charge in [-0.15, -0.1) is 0 Å². The van der Waals surface area contributed by atoms with Crippen LogP contribution in [0.5, 0.6) is 0 Å². The highest BCUT2D eigenvalue weighted by Crippen LogP contribution is 2.31. The third-order valence-corrected chi connectivity index (χ3v) is 7.58. The fourth-order valence-corrected chi connectivity index (χ4v) is 5.64. The molecule has 0 radical (unpaired) electrons. The van der Waals surface area contributed by atoms with Crippen LogP contribution in [0.2, 0.25) is 0 Å². The molecular weight excluding hydrogens is 406 g/mol. The van der Waals surface area contributed by atoms with E-state index in [1.165, 1.54) is 0 Å². The summed E-state index contributed by atoms with van der Waals surface area (Å²) >= 11 is 0. The van der Waals surface area contributed by atoms with Gasteiger partial charge in [-0.05, 0) is 19.3 Å². The Morgan fingerprint density at radius 3 is 2.30 bits per heavy atom. The molecule has 0 aliphatic carbocycles. The van der Waals surface area contributed by atoms with Crippen molar-refractivity contribution in [3.8, 4) is 0 Å². The van der Waals surface area contributed by atoms with Crippen LogP contribution >= 0.6 is 0 Å². The van der Waals surface area contributed by atoms with Gasteiger partial charge in [0, 0.05) is 44.6 Å². The summed E-state index contributed by atoms with van der Waals surface area (Å²) in [6, 6.07) is 1.55. The molecule has 1 aromatic rings. The van der Waals surface area contributed by atoms with Crippen LogP contribution < -0.4 is 5.32 Å². The highest BCUT2D eigenvalue weighted by Gasteiger charge is 2.34. The average Bonchev–Trinajstić information content (AvgIpc) is 3.23. The van der Waals surface area contributed by atoms with Crippen LogP contribution in [0.15, 0.2) is 6.07 Å². The number of anilines is 1. The van der Waals surface area contributed by atoms with Crippen molar-refractivity contribution in [2.24, 2.45) is 5.92 Å². The molecule has 168 valence electrons. The van der Waals surface area contributed by atoms with Crippen LogP contribution in [0.3, 0.4) is 0 Å². The topological polar surface area (TPSA) is 105 Å². The number of nitrogens with one attached hydrogen (secondary N) is 1. The summed E-state index contributed by atoms with van der Waals surface area (Å²) in [5, 5.41) is 7.66. The molecule has 2 fully saturated rings. The standard InChI is InChI=1S/C20H33N5O4S/c1-20(2,3)16-12-17(25(22-16)15-8-11-30(28,29)13-15)21-18(26)14-6-9-24(10-7-14)19(27)23(4)5/h12,14-15H,6-11,13H2,1-5H3,(H,21,26)/t15-/m1/s1. The summed E-state index contributed by atoms with van der Waals surface area (Å²) in [5.74, 6) is 0.457. The fourth-order valence-electron chi connectivity index (χ4n) is 3.95. The zero-order chi connectivity index (χ0) is 22.3. The van der Waals surface area contributed by atoms with Gasteiger partial charge in [0.2, 0.25) is 5.91 Å². The number of rotatable bonds is 3. The van der Waals surface area contributed by atoms with Gasteiger partial charge in [0.15, 0.2) is 9.84 Å². The second kappa shape index (κ2) is 8.20. The largest absolute Gasteiger partial charge is 0.331 e. The van der Waals surface area contributed by atoms with E-state index in [4.69, 9.17) is 0 Å². The molecule has 3 rings (SSSR count). The van der Waals surface area contributed by atoms with Crippen molar-refractivity contribution in [1.29, 1.82) is 0 Å². The second-order valence-corrected chi connectivity index (χ2v) is 11.8. The van der Waals surface area contributed by atoms with Crippen LogP contribution in [0.4, 0.5) is 10.6 Å². The van der Waals surface area contributed by atoms with E-state index in [2.05, 4.69) is 10.4 Å². The molecule has 3 heterocycles. The van der Waals surface area contributed by atoms with Crippen molar-refractivity contribution in [2.45, 2.75) is 51.5 Å². The van der Waals surface area contributed by atoms with E-state index in [1.54, 1.807) is 28.6 Å². The Morgan fingerprint density at radius 2 is 1.80 bits per heavy atom. The number of hydrogen-bond acceptors (Lipinski definition) is 5. The number of carbonyl (C=O) groups excluding carboxylic acids is 2. The van der Waals surface area contributed by atoms with Crippen LogP contribution in [0, 0.1) is 5.92 Å². The number of likely N-dealkylation sites (tertiary alicyclic amines) is 1. The van der Waals surface area contributed by atoms with Crippen molar-refractivity contribution in [1.82, 2.24) is 19.6 Å². The summed E-state index contributed by atoms with van der Waals surface area (Å²) in [4.78, 5) is 28.3.